The number of nitrogens with zero attached hydrogens (tertiary/aromatic N) is 2. The highest BCUT2D eigenvalue weighted by molar-refractivity contribution is 5.99. The van der Waals surface area contributed by atoms with Gasteiger partial charge in [0.05, 0.1) is 13.1 Å². The van der Waals surface area contributed by atoms with Gasteiger partial charge >= 0.3 is 0 Å². The molecule has 0 atom stereocenters. The molecule has 6 heteroatoms. The summed E-state index contributed by atoms with van der Waals surface area (Å²) >= 11 is 0. The molecule has 0 saturated heterocycles. The molecule has 0 radical (unpaired) electrons. The number of rotatable bonds is 6. The number of carbonyl (C=O) groups is 2. The molecule has 2 aromatic rings. The van der Waals surface area contributed by atoms with Crippen molar-refractivity contribution in [3.05, 3.63) is 46.9 Å². The van der Waals surface area contributed by atoms with E-state index in [1.54, 1.807) is 24.2 Å². The lowest BCUT2D eigenvalue weighted by Gasteiger charge is -2.15. The van der Waals surface area contributed by atoms with Gasteiger partial charge in [-0.15, -0.1) is 0 Å². The van der Waals surface area contributed by atoms with Crippen LogP contribution in [-0.4, -0.2) is 46.7 Å². The zero-order valence-electron chi connectivity index (χ0n) is 13.9. The smallest absolute Gasteiger partial charge is 0.239 e. The molecular weight excluding hydrogens is 292 g/mol. The lowest BCUT2D eigenvalue weighted by atomic mass is 10.1. The highest BCUT2D eigenvalue weighted by Gasteiger charge is 2.15. The first-order valence-electron chi connectivity index (χ1n) is 7.45. The topological polar surface area (TPSA) is 78.1 Å². The second-order valence-electron chi connectivity index (χ2n) is 5.85. The number of likely N-dealkylation sites (N-methyl/N-ethyl adjacent to an activating group) is 1. The molecule has 0 fully saturated rings. The number of ketones is 1. The van der Waals surface area contributed by atoms with E-state index in [0.29, 0.717) is 11.4 Å². The Labute approximate surface area is 135 Å². The molecule has 0 unspecified atom stereocenters. The molecule has 6 nitrogen and oxygen atoms in total. The van der Waals surface area contributed by atoms with Crippen LogP contribution in [0.15, 0.2) is 24.4 Å². The van der Waals surface area contributed by atoms with Crippen LogP contribution in [0.1, 0.15) is 27.3 Å². The molecule has 2 N–H and O–H groups in total. The summed E-state index contributed by atoms with van der Waals surface area (Å²) in [6.45, 7) is 6.03. The number of pyridine rings is 1. The fourth-order valence-electron chi connectivity index (χ4n) is 2.43. The number of H-pyrrole nitrogens is 1. The standard InChI is InChI=1S/C17H22N4O2/c1-11-5-6-18-16(7-11)20-17(23)10-21(4)9-15(22)14-8-12(2)19-13(14)3/h5-8,19H,9-10H2,1-4H3,(H,18,20,23). The maximum absolute atomic E-state index is 12.3. The van der Waals surface area contributed by atoms with Gasteiger partial charge in [0, 0.05) is 23.1 Å². The second kappa shape index (κ2) is 7.19. The van der Waals surface area contributed by atoms with E-state index in [0.717, 1.165) is 17.0 Å². The number of hydrogen-bond acceptors (Lipinski definition) is 4. The van der Waals surface area contributed by atoms with Crippen LogP contribution >= 0.6 is 0 Å². The van der Waals surface area contributed by atoms with Crippen LogP contribution in [0.4, 0.5) is 5.82 Å². The van der Waals surface area contributed by atoms with Crippen LogP contribution in [0.3, 0.4) is 0 Å². The monoisotopic (exact) mass is 314 g/mol. The third-order valence-corrected chi connectivity index (χ3v) is 3.46. The highest BCUT2D eigenvalue weighted by atomic mass is 16.2. The molecule has 0 aliphatic rings. The Morgan fingerprint density at radius 2 is 1.96 bits per heavy atom. The van der Waals surface area contributed by atoms with Gasteiger partial charge in [-0.05, 0) is 51.6 Å². The van der Waals surface area contributed by atoms with Gasteiger partial charge in [0.25, 0.3) is 0 Å². The van der Waals surface area contributed by atoms with Crippen molar-refractivity contribution in [2.24, 2.45) is 0 Å². The number of hydrogen-bond donors (Lipinski definition) is 2. The fourth-order valence-corrected chi connectivity index (χ4v) is 2.43. The molecular formula is C17H22N4O2. The third kappa shape index (κ3) is 4.75. The van der Waals surface area contributed by atoms with E-state index >= 15 is 0 Å². The quantitative estimate of drug-likeness (QED) is 0.800. The molecule has 0 aliphatic heterocycles. The summed E-state index contributed by atoms with van der Waals surface area (Å²) in [4.78, 5) is 33.2. The first kappa shape index (κ1) is 16.9. The predicted molar refractivity (Wildman–Crippen MR) is 89.7 cm³/mol. The van der Waals surface area contributed by atoms with Crippen molar-refractivity contribution in [3.8, 4) is 0 Å². The number of nitrogens with one attached hydrogen (secondary N) is 2. The first-order valence-corrected chi connectivity index (χ1v) is 7.45. The van der Waals surface area contributed by atoms with Crippen molar-refractivity contribution in [1.29, 1.82) is 0 Å². The summed E-state index contributed by atoms with van der Waals surface area (Å²) in [6, 6.07) is 5.50. The van der Waals surface area contributed by atoms with Crippen LogP contribution in [0.25, 0.3) is 0 Å². The molecule has 0 aliphatic carbocycles. The lowest BCUT2D eigenvalue weighted by Crippen LogP contribution is -2.34. The van der Waals surface area contributed by atoms with Crippen LogP contribution in [0.5, 0.6) is 0 Å². The Balaban J connectivity index is 1.89. The maximum Gasteiger partial charge on any atom is 0.239 e. The second-order valence-corrected chi connectivity index (χ2v) is 5.85. The molecule has 0 saturated carbocycles. The van der Waals surface area contributed by atoms with Crippen LogP contribution in [0, 0.1) is 20.8 Å². The van der Waals surface area contributed by atoms with Crippen molar-refractivity contribution < 1.29 is 9.59 Å². The Kier molecular flexibility index (Phi) is 5.28. The molecule has 122 valence electrons. The van der Waals surface area contributed by atoms with Crippen molar-refractivity contribution >= 4 is 17.5 Å². The SMILES string of the molecule is Cc1ccnc(NC(=O)CN(C)CC(=O)c2cc(C)[nH]c2C)c1. The van der Waals surface area contributed by atoms with Gasteiger partial charge in [-0.1, -0.05) is 0 Å². The van der Waals surface area contributed by atoms with E-state index in [9.17, 15) is 9.59 Å². The molecule has 2 rings (SSSR count). The predicted octanol–water partition coefficient (Wildman–Crippen LogP) is 2.09. The van der Waals surface area contributed by atoms with Crippen LogP contribution in [0.2, 0.25) is 0 Å². The zero-order valence-corrected chi connectivity index (χ0v) is 13.9. The normalized spacial score (nSPS) is 10.8. The third-order valence-electron chi connectivity index (χ3n) is 3.46. The largest absolute Gasteiger partial charge is 0.362 e. The Hall–Kier alpha value is -2.47. The Bertz CT molecular complexity index is 721. The van der Waals surface area contributed by atoms with E-state index in [4.69, 9.17) is 0 Å². The number of aromatic amines is 1. The summed E-state index contributed by atoms with van der Waals surface area (Å²) in [5.74, 6) is 0.322. The van der Waals surface area contributed by atoms with Gasteiger partial charge < -0.3 is 10.3 Å². The van der Waals surface area contributed by atoms with Crippen molar-refractivity contribution in [1.82, 2.24) is 14.9 Å². The van der Waals surface area contributed by atoms with Crippen LogP contribution in [-0.2, 0) is 4.79 Å². The molecule has 0 bridgehead atoms. The average molecular weight is 314 g/mol. The Morgan fingerprint density at radius 1 is 1.22 bits per heavy atom. The van der Waals surface area contributed by atoms with E-state index in [-0.39, 0.29) is 24.8 Å². The van der Waals surface area contributed by atoms with Crippen LogP contribution < -0.4 is 5.32 Å². The lowest BCUT2D eigenvalue weighted by molar-refractivity contribution is -0.116. The van der Waals surface area contributed by atoms with Gasteiger partial charge in [-0.25, -0.2) is 4.98 Å². The maximum atomic E-state index is 12.3. The molecule has 2 aromatic heterocycles. The number of carbonyl (C=O) groups excluding carboxylic acids is 2. The summed E-state index contributed by atoms with van der Waals surface area (Å²) in [6.07, 6.45) is 1.65. The van der Waals surface area contributed by atoms with Gasteiger partial charge in [-0.3, -0.25) is 14.5 Å². The number of anilines is 1. The number of aromatic nitrogens is 2. The summed E-state index contributed by atoms with van der Waals surface area (Å²) in [5.41, 5.74) is 3.51. The van der Waals surface area contributed by atoms with Gasteiger partial charge in [0.1, 0.15) is 5.82 Å². The van der Waals surface area contributed by atoms with Gasteiger partial charge in [-0.2, -0.15) is 0 Å². The van der Waals surface area contributed by atoms with E-state index < -0.39 is 0 Å². The number of aryl methyl sites for hydroxylation is 3. The number of amides is 1. The van der Waals surface area contributed by atoms with Gasteiger partial charge in [0.15, 0.2) is 5.78 Å². The minimum absolute atomic E-state index is 0.00386. The summed E-state index contributed by atoms with van der Waals surface area (Å²) in [7, 11) is 1.75. The molecule has 1 amide bonds. The average Bonchev–Trinajstić information content (AvgIpc) is 2.77. The van der Waals surface area contributed by atoms with Crippen molar-refractivity contribution in [2.75, 3.05) is 25.5 Å². The fraction of sp³-hybridized carbons (Fsp3) is 0.353. The van der Waals surface area contributed by atoms with Gasteiger partial charge in [0.2, 0.25) is 5.91 Å². The summed E-state index contributed by atoms with van der Waals surface area (Å²) in [5, 5.41) is 2.73. The zero-order chi connectivity index (χ0) is 17.0. The summed E-state index contributed by atoms with van der Waals surface area (Å²) < 4.78 is 0. The van der Waals surface area contributed by atoms with Crippen molar-refractivity contribution in [2.45, 2.75) is 20.8 Å². The van der Waals surface area contributed by atoms with Crippen molar-refractivity contribution in [3.63, 3.8) is 0 Å². The molecule has 0 spiro atoms. The van der Waals surface area contributed by atoms with E-state index in [1.165, 1.54) is 0 Å². The highest BCUT2D eigenvalue weighted by Crippen LogP contribution is 2.10. The first-order chi connectivity index (χ1) is 10.8. The minimum atomic E-state index is -0.194. The molecule has 0 aromatic carbocycles. The van der Waals surface area contributed by atoms with E-state index in [2.05, 4.69) is 15.3 Å². The Morgan fingerprint density at radius 3 is 2.57 bits per heavy atom. The van der Waals surface area contributed by atoms with E-state index in [1.807, 2.05) is 32.9 Å². The molecule has 23 heavy (non-hydrogen) atoms. The number of Topliss-reactive ketones (excluding diaryl/α,β-unsaturated/α-hetero) is 1. The minimum Gasteiger partial charge on any atom is -0.362 e. The molecule has 2 heterocycles.